The van der Waals surface area contributed by atoms with E-state index in [4.69, 9.17) is 14.2 Å². The monoisotopic (exact) mass is 378 g/mol. The quantitative estimate of drug-likeness (QED) is 0.411. The van der Waals surface area contributed by atoms with Crippen LogP contribution in [-0.4, -0.2) is 17.9 Å². The lowest BCUT2D eigenvalue weighted by Crippen LogP contribution is -2.09. The first-order valence-electron chi connectivity index (χ1n) is 8.14. The van der Waals surface area contributed by atoms with Crippen LogP contribution >= 0.6 is 0 Å². The van der Waals surface area contributed by atoms with E-state index in [-0.39, 0.29) is 17.1 Å². The summed E-state index contributed by atoms with van der Waals surface area (Å²) in [6, 6.07) is 11.2. The molecule has 0 heterocycles. The summed E-state index contributed by atoms with van der Waals surface area (Å²) in [6.45, 7) is 11.7. The van der Waals surface area contributed by atoms with Gasteiger partial charge in [0.1, 0.15) is 17.2 Å². The van der Waals surface area contributed by atoms with Crippen molar-refractivity contribution in [3.05, 3.63) is 79.9 Å². The van der Waals surface area contributed by atoms with Crippen molar-refractivity contribution in [2.75, 3.05) is 0 Å². The maximum absolute atomic E-state index is 11.8. The molecular weight excluding hydrogens is 360 g/mol. The predicted octanol–water partition coefficient (Wildman–Crippen LogP) is 4.02. The van der Waals surface area contributed by atoms with Crippen molar-refractivity contribution in [1.29, 1.82) is 0 Å². The lowest BCUT2D eigenvalue weighted by Gasteiger charge is -2.11. The van der Waals surface area contributed by atoms with E-state index < -0.39 is 17.9 Å². The molecule has 0 saturated heterocycles. The van der Waals surface area contributed by atoms with E-state index in [2.05, 4.69) is 19.7 Å². The van der Waals surface area contributed by atoms with Gasteiger partial charge in [-0.3, -0.25) is 0 Å². The van der Waals surface area contributed by atoms with Gasteiger partial charge >= 0.3 is 17.9 Å². The lowest BCUT2D eigenvalue weighted by molar-refractivity contribution is -0.130. The van der Waals surface area contributed by atoms with Crippen LogP contribution in [-0.2, 0) is 14.4 Å². The smallest absolute Gasteiger partial charge is 0.338 e. The highest BCUT2D eigenvalue weighted by atomic mass is 16.5. The van der Waals surface area contributed by atoms with Gasteiger partial charge in [0, 0.05) is 23.8 Å². The van der Waals surface area contributed by atoms with E-state index in [1.54, 1.807) is 36.4 Å². The molecule has 0 aliphatic carbocycles. The summed E-state index contributed by atoms with van der Waals surface area (Å²) < 4.78 is 15.4. The second kappa shape index (κ2) is 9.14. The van der Waals surface area contributed by atoms with Crippen molar-refractivity contribution in [3.63, 3.8) is 0 Å². The molecule has 0 unspecified atom stereocenters. The summed E-state index contributed by atoms with van der Waals surface area (Å²) >= 11 is 0. The number of carbonyl (C=O) groups excluding carboxylic acids is 3. The Labute approximate surface area is 162 Å². The number of hydrogen-bond donors (Lipinski definition) is 0. The Hall–Kier alpha value is -3.93. The molecule has 0 N–H and O–H groups in total. The molecule has 0 fully saturated rings. The fourth-order valence-corrected chi connectivity index (χ4v) is 2.08. The molecule has 2 aromatic rings. The van der Waals surface area contributed by atoms with Gasteiger partial charge in [0.2, 0.25) is 0 Å². The molecule has 2 rings (SSSR count). The number of esters is 3. The average Bonchev–Trinajstić information content (AvgIpc) is 2.68. The second-order valence-electron chi connectivity index (χ2n) is 5.64. The van der Waals surface area contributed by atoms with E-state index in [9.17, 15) is 14.4 Å². The van der Waals surface area contributed by atoms with E-state index in [1.807, 2.05) is 0 Å². The summed E-state index contributed by atoms with van der Waals surface area (Å²) in [4.78, 5) is 34.6. The summed E-state index contributed by atoms with van der Waals surface area (Å²) in [7, 11) is 0. The molecule has 6 nitrogen and oxygen atoms in total. The third-order valence-corrected chi connectivity index (χ3v) is 3.40. The van der Waals surface area contributed by atoms with Gasteiger partial charge in [0.05, 0.1) is 0 Å². The highest BCUT2D eigenvalue weighted by molar-refractivity contribution is 5.89. The minimum Gasteiger partial charge on any atom is -0.423 e. The number of benzene rings is 2. The highest BCUT2D eigenvalue weighted by Gasteiger charge is 2.12. The van der Waals surface area contributed by atoms with Gasteiger partial charge in [0.25, 0.3) is 0 Å². The molecule has 0 spiro atoms. The standard InChI is InChI=1S/C22H18O6/c1-5-20(23)26-17-9-7-15(8-10-17)16-11-18(27-21(24)6-2)13-19(12-16)28-22(25)14(3)4/h5-13H,1-3H2,4H3. The first-order chi connectivity index (χ1) is 13.3. The Morgan fingerprint density at radius 1 is 0.750 bits per heavy atom. The summed E-state index contributed by atoms with van der Waals surface area (Å²) in [5, 5.41) is 0. The maximum atomic E-state index is 11.8. The SMILES string of the molecule is C=CC(=O)Oc1ccc(-c2cc(OC(=O)C=C)cc(OC(=O)C(=C)C)c2)cc1. The predicted molar refractivity (Wildman–Crippen MR) is 104 cm³/mol. The van der Waals surface area contributed by atoms with Gasteiger partial charge in [-0.15, -0.1) is 0 Å². The van der Waals surface area contributed by atoms with Crippen LogP contribution in [0.25, 0.3) is 11.1 Å². The van der Waals surface area contributed by atoms with Crippen molar-refractivity contribution >= 4 is 17.9 Å². The molecular formula is C22H18O6. The van der Waals surface area contributed by atoms with E-state index in [1.165, 1.54) is 13.0 Å². The zero-order valence-corrected chi connectivity index (χ0v) is 15.3. The largest absolute Gasteiger partial charge is 0.423 e. The van der Waals surface area contributed by atoms with Crippen LogP contribution in [0.1, 0.15) is 6.92 Å². The Morgan fingerprint density at radius 2 is 1.25 bits per heavy atom. The fourth-order valence-electron chi connectivity index (χ4n) is 2.08. The molecule has 0 aliphatic rings. The first-order valence-corrected chi connectivity index (χ1v) is 8.14. The third kappa shape index (κ3) is 5.54. The number of carbonyl (C=O) groups is 3. The van der Waals surface area contributed by atoms with Gasteiger partial charge in [-0.2, -0.15) is 0 Å². The third-order valence-electron chi connectivity index (χ3n) is 3.40. The highest BCUT2D eigenvalue weighted by Crippen LogP contribution is 2.31. The van der Waals surface area contributed by atoms with Crippen molar-refractivity contribution in [3.8, 4) is 28.4 Å². The Morgan fingerprint density at radius 3 is 1.75 bits per heavy atom. The number of hydrogen-bond acceptors (Lipinski definition) is 6. The number of ether oxygens (including phenoxy) is 3. The average molecular weight is 378 g/mol. The molecule has 0 amide bonds. The topological polar surface area (TPSA) is 78.9 Å². The van der Waals surface area contributed by atoms with Crippen molar-refractivity contribution in [2.24, 2.45) is 0 Å². The van der Waals surface area contributed by atoms with Crippen LogP contribution in [0.3, 0.4) is 0 Å². The van der Waals surface area contributed by atoms with E-state index >= 15 is 0 Å². The molecule has 0 saturated carbocycles. The van der Waals surface area contributed by atoms with Gasteiger partial charge in [-0.1, -0.05) is 31.9 Å². The second-order valence-corrected chi connectivity index (χ2v) is 5.64. The Bertz CT molecular complexity index is 953. The molecule has 0 aromatic heterocycles. The van der Waals surface area contributed by atoms with Gasteiger partial charge in [-0.05, 0) is 42.3 Å². The Kier molecular flexibility index (Phi) is 6.65. The molecule has 0 bridgehead atoms. The summed E-state index contributed by atoms with van der Waals surface area (Å²) in [5.41, 5.74) is 1.55. The first kappa shape index (κ1) is 20.4. The molecule has 2 aromatic carbocycles. The van der Waals surface area contributed by atoms with Crippen LogP contribution < -0.4 is 14.2 Å². The zero-order chi connectivity index (χ0) is 20.7. The minimum absolute atomic E-state index is 0.175. The maximum Gasteiger partial charge on any atom is 0.338 e. The van der Waals surface area contributed by atoms with Crippen LogP contribution in [0.15, 0.2) is 79.9 Å². The molecule has 6 heteroatoms. The van der Waals surface area contributed by atoms with Crippen LogP contribution in [0.2, 0.25) is 0 Å². The Balaban J connectivity index is 2.39. The fraction of sp³-hybridized carbons (Fsp3) is 0.0455. The summed E-state index contributed by atoms with van der Waals surface area (Å²) in [6.07, 6.45) is 2.09. The van der Waals surface area contributed by atoms with Crippen LogP contribution in [0.4, 0.5) is 0 Å². The van der Waals surface area contributed by atoms with E-state index in [0.717, 1.165) is 12.2 Å². The van der Waals surface area contributed by atoms with Crippen LogP contribution in [0, 0.1) is 0 Å². The molecule has 28 heavy (non-hydrogen) atoms. The zero-order valence-electron chi connectivity index (χ0n) is 15.3. The van der Waals surface area contributed by atoms with Crippen molar-refractivity contribution < 1.29 is 28.6 Å². The van der Waals surface area contributed by atoms with Gasteiger partial charge in [-0.25, -0.2) is 14.4 Å². The summed E-state index contributed by atoms with van der Waals surface area (Å²) in [5.74, 6) is -1.13. The molecule has 0 atom stereocenters. The van der Waals surface area contributed by atoms with Crippen molar-refractivity contribution in [1.82, 2.24) is 0 Å². The van der Waals surface area contributed by atoms with Gasteiger partial charge < -0.3 is 14.2 Å². The molecule has 0 aliphatic heterocycles. The number of rotatable bonds is 7. The van der Waals surface area contributed by atoms with Gasteiger partial charge in [0.15, 0.2) is 0 Å². The minimum atomic E-state index is -0.652. The van der Waals surface area contributed by atoms with Crippen LogP contribution in [0.5, 0.6) is 17.2 Å². The lowest BCUT2D eigenvalue weighted by atomic mass is 10.0. The van der Waals surface area contributed by atoms with Crippen molar-refractivity contribution in [2.45, 2.75) is 6.92 Å². The molecule has 0 radical (unpaired) electrons. The van der Waals surface area contributed by atoms with E-state index in [0.29, 0.717) is 16.9 Å². The molecule has 142 valence electrons. The normalized spacial score (nSPS) is 9.75.